The second-order valence-corrected chi connectivity index (χ2v) is 7.43. The fraction of sp³-hybridized carbons (Fsp3) is 0.375. The van der Waals surface area contributed by atoms with Crippen LogP contribution >= 0.6 is 35.0 Å². The highest BCUT2D eigenvalue weighted by Crippen LogP contribution is 2.28. The summed E-state index contributed by atoms with van der Waals surface area (Å²) in [5.74, 6) is 0.541. The van der Waals surface area contributed by atoms with Gasteiger partial charge >= 0.3 is 0 Å². The third-order valence-electron chi connectivity index (χ3n) is 3.68. The Balaban J connectivity index is 1.70. The summed E-state index contributed by atoms with van der Waals surface area (Å²) in [4.78, 5) is 16.4. The maximum atomic E-state index is 12.1. The van der Waals surface area contributed by atoms with Crippen LogP contribution in [0.3, 0.4) is 0 Å². The minimum absolute atomic E-state index is 0.0587. The third-order valence-corrected chi connectivity index (χ3v) is 5.31. The average molecular weight is 386 g/mol. The van der Waals surface area contributed by atoms with Crippen LogP contribution in [0.1, 0.15) is 24.1 Å². The predicted octanol–water partition coefficient (Wildman–Crippen LogP) is 3.25. The van der Waals surface area contributed by atoms with Gasteiger partial charge < -0.3 is 15.0 Å². The highest BCUT2D eigenvalue weighted by atomic mass is 35.5. The molecule has 1 aliphatic carbocycles. The average Bonchev–Trinajstić information content (AvgIpc) is 3.27. The van der Waals surface area contributed by atoms with Crippen LogP contribution < -0.4 is 5.32 Å². The number of amides is 1. The summed E-state index contributed by atoms with van der Waals surface area (Å²) in [6, 6.07) is 5.67. The van der Waals surface area contributed by atoms with Gasteiger partial charge in [0.15, 0.2) is 5.16 Å². The van der Waals surface area contributed by atoms with Gasteiger partial charge in [0.05, 0.1) is 18.5 Å². The first-order valence-corrected chi connectivity index (χ1v) is 9.32. The SMILES string of the molecule is O=C(Cn1c(CO)cnc1SCc1ccc(Cl)cc1Cl)NC1CC1. The van der Waals surface area contributed by atoms with E-state index in [4.69, 9.17) is 23.2 Å². The van der Waals surface area contributed by atoms with Gasteiger partial charge in [0.1, 0.15) is 6.54 Å². The summed E-state index contributed by atoms with van der Waals surface area (Å²) in [5, 5.41) is 14.3. The van der Waals surface area contributed by atoms with Gasteiger partial charge in [-0.2, -0.15) is 0 Å². The summed E-state index contributed by atoms with van der Waals surface area (Å²) in [6.45, 7) is -0.00491. The lowest BCUT2D eigenvalue weighted by atomic mass is 10.2. The third kappa shape index (κ3) is 4.45. The van der Waals surface area contributed by atoms with Crippen LogP contribution in [0.25, 0.3) is 0 Å². The molecule has 1 amide bonds. The number of aromatic nitrogens is 2. The smallest absolute Gasteiger partial charge is 0.240 e. The van der Waals surface area contributed by atoms with E-state index in [-0.39, 0.29) is 19.1 Å². The summed E-state index contributed by atoms with van der Waals surface area (Å²) in [7, 11) is 0. The zero-order chi connectivity index (χ0) is 17.1. The number of rotatable bonds is 7. The molecule has 8 heteroatoms. The molecule has 2 aromatic rings. The van der Waals surface area contributed by atoms with Gasteiger partial charge in [0.2, 0.25) is 5.91 Å². The molecule has 0 radical (unpaired) electrons. The molecule has 5 nitrogen and oxygen atoms in total. The van der Waals surface area contributed by atoms with Gasteiger partial charge in [0, 0.05) is 21.8 Å². The Morgan fingerprint density at radius 1 is 1.42 bits per heavy atom. The molecule has 0 atom stereocenters. The quantitative estimate of drug-likeness (QED) is 0.717. The summed E-state index contributed by atoms with van der Waals surface area (Å²) in [6.07, 6.45) is 3.68. The van der Waals surface area contributed by atoms with Crippen molar-refractivity contribution >= 4 is 40.9 Å². The number of nitrogens with one attached hydrogen (secondary N) is 1. The second kappa shape index (κ2) is 7.78. The van der Waals surface area contributed by atoms with Crippen LogP contribution in [0.4, 0.5) is 0 Å². The first kappa shape index (κ1) is 17.6. The van der Waals surface area contributed by atoms with Crippen molar-refractivity contribution in [3.8, 4) is 0 Å². The monoisotopic (exact) mass is 385 g/mol. The lowest BCUT2D eigenvalue weighted by Gasteiger charge is -2.11. The van der Waals surface area contributed by atoms with Crippen LogP contribution in [0.15, 0.2) is 29.6 Å². The molecule has 1 fully saturated rings. The normalized spacial score (nSPS) is 14.0. The Morgan fingerprint density at radius 3 is 2.88 bits per heavy atom. The van der Waals surface area contributed by atoms with Crippen molar-refractivity contribution in [3.05, 3.63) is 45.7 Å². The van der Waals surface area contributed by atoms with Gasteiger partial charge in [-0.25, -0.2) is 4.98 Å². The number of hydrogen-bond acceptors (Lipinski definition) is 4. The van der Waals surface area contributed by atoms with Crippen molar-refractivity contribution in [2.45, 2.75) is 42.9 Å². The van der Waals surface area contributed by atoms with E-state index < -0.39 is 0 Å². The van der Waals surface area contributed by atoms with Crippen molar-refractivity contribution in [2.75, 3.05) is 0 Å². The summed E-state index contributed by atoms with van der Waals surface area (Å²) >= 11 is 13.6. The van der Waals surface area contributed by atoms with E-state index in [9.17, 15) is 9.90 Å². The Hall–Kier alpha value is -1.21. The van der Waals surface area contributed by atoms with Gasteiger partial charge in [0.25, 0.3) is 0 Å². The lowest BCUT2D eigenvalue weighted by molar-refractivity contribution is -0.122. The molecule has 0 bridgehead atoms. The largest absolute Gasteiger partial charge is 0.390 e. The molecule has 0 aliphatic heterocycles. The second-order valence-electron chi connectivity index (χ2n) is 5.64. The molecule has 0 spiro atoms. The number of nitrogens with zero attached hydrogens (tertiary/aromatic N) is 2. The number of halogens is 2. The molecular formula is C16H17Cl2N3O2S. The van der Waals surface area contributed by atoms with Gasteiger partial charge in [-0.3, -0.25) is 4.79 Å². The summed E-state index contributed by atoms with van der Waals surface area (Å²) < 4.78 is 1.74. The Kier molecular flexibility index (Phi) is 5.71. The number of hydrogen-bond donors (Lipinski definition) is 2. The molecule has 128 valence electrons. The van der Waals surface area contributed by atoms with E-state index in [1.807, 2.05) is 6.07 Å². The molecule has 0 unspecified atom stereocenters. The molecule has 1 saturated carbocycles. The number of carbonyl (C=O) groups is 1. The van der Waals surface area contributed by atoms with Crippen molar-refractivity contribution in [1.29, 1.82) is 0 Å². The first-order valence-electron chi connectivity index (χ1n) is 7.58. The molecular weight excluding hydrogens is 369 g/mol. The number of aliphatic hydroxyl groups excluding tert-OH is 1. The standard InChI is InChI=1S/C16H17Cl2N3O2S/c17-11-2-1-10(14(18)5-11)9-24-16-19-6-13(8-22)21(16)7-15(23)20-12-3-4-12/h1-2,5-6,12,22H,3-4,7-9H2,(H,20,23). The van der Waals surface area contributed by atoms with Crippen LogP contribution in [0.2, 0.25) is 10.0 Å². The molecule has 1 aromatic heterocycles. The molecule has 24 heavy (non-hydrogen) atoms. The molecule has 0 saturated heterocycles. The van der Waals surface area contributed by atoms with Gasteiger partial charge in [-0.15, -0.1) is 0 Å². The number of carbonyl (C=O) groups excluding carboxylic acids is 1. The van der Waals surface area contributed by atoms with Crippen LogP contribution in [0, 0.1) is 0 Å². The van der Waals surface area contributed by atoms with Crippen LogP contribution in [0.5, 0.6) is 0 Å². The Bertz CT molecular complexity index is 747. The van der Waals surface area contributed by atoms with E-state index in [2.05, 4.69) is 10.3 Å². The molecule has 3 rings (SSSR count). The Morgan fingerprint density at radius 2 is 2.21 bits per heavy atom. The number of imidazole rings is 1. The first-order chi connectivity index (χ1) is 11.6. The minimum atomic E-state index is -0.161. The van der Waals surface area contributed by atoms with E-state index in [1.165, 1.54) is 11.8 Å². The molecule has 1 heterocycles. The molecule has 1 aliphatic rings. The van der Waals surface area contributed by atoms with Crippen molar-refractivity contribution < 1.29 is 9.90 Å². The number of benzene rings is 1. The maximum Gasteiger partial charge on any atom is 0.240 e. The highest BCUT2D eigenvalue weighted by Gasteiger charge is 2.24. The van der Waals surface area contributed by atoms with Gasteiger partial charge in [-0.05, 0) is 30.5 Å². The topological polar surface area (TPSA) is 67.2 Å². The molecule has 2 N–H and O–H groups in total. The van der Waals surface area contributed by atoms with E-state index in [1.54, 1.807) is 22.9 Å². The zero-order valence-corrected chi connectivity index (χ0v) is 15.2. The predicted molar refractivity (Wildman–Crippen MR) is 95.3 cm³/mol. The number of thioether (sulfide) groups is 1. The van der Waals surface area contributed by atoms with Crippen molar-refractivity contribution in [1.82, 2.24) is 14.9 Å². The van der Waals surface area contributed by atoms with Gasteiger partial charge in [-0.1, -0.05) is 41.0 Å². The van der Waals surface area contributed by atoms with E-state index in [0.29, 0.717) is 32.7 Å². The zero-order valence-electron chi connectivity index (χ0n) is 12.8. The maximum absolute atomic E-state index is 12.1. The fourth-order valence-corrected chi connectivity index (χ4v) is 3.78. The fourth-order valence-electron chi connectivity index (χ4n) is 2.23. The lowest BCUT2D eigenvalue weighted by Crippen LogP contribution is -2.30. The van der Waals surface area contributed by atoms with Crippen LogP contribution in [-0.4, -0.2) is 26.6 Å². The van der Waals surface area contributed by atoms with E-state index >= 15 is 0 Å². The van der Waals surface area contributed by atoms with E-state index in [0.717, 1.165) is 18.4 Å². The summed E-state index contributed by atoms with van der Waals surface area (Å²) in [5.41, 5.74) is 1.55. The highest BCUT2D eigenvalue weighted by molar-refractivity contribution is 7.98. The van der Waals surface area contributed by atoms with Crippen LogP contribution in [-0.2, 0) is 23.7 Å². The number of aliphatic hydroxyl groups is 1. The minimum Gasteiger partial charge on any atom is -0.390 e. The van der Waals surface area contributed by atoms with Crippen molar-refractivity contribution in [2.24, 2.45) is 0 Å². The molecule has 1 aromatic carbocycles. The Labute approximate surface area is 154 Å². The van der Waals surface area contributed by atoms with Crippen molar-refractivity contribution in [3.63, 3.8) is 0 Å².